The number of anilines is 1. The van der Waals surface area contributed by atoms with E-state index in [0.717, 1.165) is 28.0 Å². The summed E-state index contributed by atoms with van der Waals surface area (Å²) in [4.78, 5) is 21.5. The lowest BCUT2D eigenvalue weighted by Gasteiger charge is -2.07. The summed E-state index contributed by atoms with van der Waals surface area (Å²) in [6, 6.07) is 11.9. The monoisotopic (exact) mass is 363 g/mol. The molecule has 0 spiro atoms. The second-order valence-corrected chi connectivity index (χ2v) is 6.92. The Morgan fingerprint density at radius 2 is 2.04 bits per heavy atom. The smallest absolute Gasteiger partial charge is 0.258 e. The van der Waals surface area contributed by atoms with Crippen LogP contribution in [0.1, 0.15) is 27.3 Å². The lowest BCUT2D eigenvalue weighted by atomic mass is 10.1. The van der Waals surface area contributed by atoms with Gasteiger partial charge in [0.15, 0.2) is 10.8 Å². The number of thiazole rings is 1. The fraction of sp³-hybridized carbons (Fsp3) is 0.158. The van der Waals surface area contributed by atoms with Crippen molar-refractivity contribution in [1.82, 2.24) is 19.7 Å². The molecule has 0 aliphatic rings. The summed E-state index contributed by atoms with van der Waals surface area (Å²) in [7, 11) is 0. The Bertz CT molecular complexity index is 1070. The van der Waals surface area contributed by atoms with E-state index in [-0.39, 0.29) is 5.91 Å². The second kappa shape index (κ2) is 6.68. The maximum Gasteiger partial charge on any atom is 0.258 e. The van der Waals surface area contributed by atoms with E-state index >= 15 is 0 Å². The molecule has 130 valence electrons. The van der Waals surface area contributed by atoms with Gasteiger partial charge in [0.05, 0.1) is 23.2 Å². The Labute approximate surface area is 154 Å². The molecule has 26 heavy (non-hydrogen) atoms. The van der Waals surface area contributed by atoms with E-state index in [1.165, 1.54) is 11.3 Å². The molecule has 0 saturated heterocycles. The number of nitrogens with zero attached hydrogens (tertiary/aromatic N) is 4. The average Bonchev–Trinajstić information content (AvgIpc) is 3.24. The molecule has 0 fully saturated rings. The fourth-order valence-corrected chi connectivity index (χ4v) is 3.50. The fourth-order valence-electron chi connectivity index (χ4n) is 2.97. The molecule has 3 aromatic heterocycles. The number of pyridine rings is 1. The topological polar surface area (TPSA) is 72.7 Å². The van der Waals surface area contributed by atoms with Crippen LogP contribution in [0.4, 0.5) is 5.13 Å². The third-order valence-corrected chi connectivity index (χ3v) is 4.77. The molecule has 1 amide bonds. The number of aromatic nitrogens is 4. The van der Waals surface area contributed by atoms with Gasteiger partial charge in [0.25, 0.3) is 5.91 Å². The highest BCUT2D eigenvalue weighted by atomic mass is 32.1. The first-order valence-corrected chi connectivity index (χ1v) is 9.09. The zero-order valence-corrected chi connectivity index (χ0v) is 15.2. The van der Waals surface area contributed by atoms with Gasteiger partial charge in [0.1, 0.15) is 0 Å². The van der Waals surface area contributed by atoms with Gasteiger partial charge in [-0.3, -0.25) is 10.1 Å². The number of hydrogen-bond acceptors (Lipinski definition) is 5. The van der Waals surface area contributed by atoms with E-state index in [1.54, 1.807) is 12.3 Å². The summed E-state index contributed by atoms with van der Waals surface area (Å²) in [5, 5.41) is 10.7. The number of hydrogen-bond donors (Lipinski definition) is 1. The molecule has 1 aromatic carbocycles. The van der Waals surface area contributed by atoms with Crippen molar-refractivity contribution in [2.75, 3.05) is 5.32 Å². The number of carbonyl (C=O) groups is 1. The van der Waals surface area contributed by atoms with Gasteiger partial charge in [-0.15, -0.1) is 11.3 Å². The van der Waals surface area contributed by atoms with Crippen molar-refractivity contribution in [1.29, 1.82) is 0 Å². The molecule has 0 atom stereocenters. The van der Waals surface area contributed by atoms with Crippen LogP contribution in [-0.4, -0.2) is 25.7 Å². The van der Waals surface area contributed by atoms with E-state index in [1.807, 2.05) is 42.1 Å². The Kier molecular flexibility index (Phi) is 4.22. The molecular formula is C19H17N5OS. The SMILES string of the molecule is Cc1cc(C(=O)Nc2nccs2)c2c(C)nn(Cc3ccccc3)c2n1. The van der Waals surface area contributed by atoms with Crippen LogP contribution in [0.2, 0.25) is 0 Å². The number of carbonyl (C=O) groups excluding carboxylic acids is 1. The summed E-state index contributed by atoms with van der Waals surface area (Å²) < 4.78 is 1.85. The average molecular weight is 363 g/mol. The number of aryl methyl sites for hydroxylation is 2. The molecule has 3 heterocycles. The highest BCUT2D eigenvalue weighted by molar-refractivity contribution is 7.13. The van der Waals surface area contributed by atoms with Crippen molar-refractivity contribution in [3.63, 3.8) is 0 Å². The van der Waals surface area contributed by atoms with E-state index in [2.05, 4.69) is 32.5 Å². The summed E-state index contributed by atoms with van der Waals surface area (Å²) in [6.07, 6.45) is 1.66. The second-order valence-electron chi connectivity index (χ2n) is 6.03. The summed E-state index contributed by atoms with van der Waals surface area (Å²) in [5.74, 6) is -0.196. The zero-order chi connectivity index (χ0) is 18.1. The quantitative estimate of drug-likeness (QED) is 0.598. The molecule has 6 nitrogen and oxygen atoms in total. The predicted molar refractivity (Wildman–Crippen MR) is 103 cm³/mol. The number of fused-ring (bicyclic) bond motifs is 1. The molecule has 0 bridgehead atoms. The first-order valence-electron chi connectivity index (χ1n) is 8.21. The lowest BCUT2D eigenvalue weighted by molar-refractivity contribution is 0.102. The molecular weight excluding hydrogens is 346 g/mol. The predicted octanol–water partition coefficient (Wildman–Crippen LogP) is 3.81. The van der Waals surface area contributed by atoms with E-state index in [0.29, 0.717) is 17.2 Å². The Morgan fingerprint density at radius 3 is 2.77 bits per heavy atom. The maximum absolute atomic E-state index is 12.8. The molecule has 7 heteroatoms. The van der Waals surface area contributed by atoms with Crippen LogP contribution >= 0.6 is 11.3 Å². The van der Waals surface area contributed by atoms with Gasteiger partial charge in [-0.1, -0.05) is 30.3 Å². The van der Waals surface area contributed by atoms with Gasteiger partial charge < -0.3 is 0 Å². The normalized spacial score (nSPS) is 11.0. The van der Waals surface area contributed by atoms with Crippen molar-refractivity contribution in [3.05, 3.63) is 70.5 Å². The van der Waals surface area contributed by atoms with Crippen LogP contribution in [-0.2, 0) is 6.54 Å². The minimum atomic E-state index is -0.196. The standard InChI is InChI=1S/C19H17N5OS/c1-12-10-15(18(25)22-19-20-8-9-26-19)16-13(2)23-24(17(16)21-12)11-14-6-4-3-5-7-14/h3-10H,11H2,1-2H3,(H,20,22,25). The molecule has 0 unspecified atom stereocenters. The molecule has 0 radical (unpaired) electrons. The van der Waals surface area contributed by atoms with Crippen LogP contribution in [0.25, 0.3) is 11.0 Å². The lowest BCUT2D eigenvalue weighted by Crippen LogP contribution is -2.13. The molecule has 4 aromatic rings. The Hall–Kier alpha value is -3.06. The summed E-state index contributed by atoms with van der Waals surface area (Å²) in [6.45, 7) is 4.39. The molecule has 4 rings (SSSR count). The highest BCUT2D eigenvalue weighted by Crippen LogP contribution is 2.24. The van der Waals surface area contributed by atoms with Gasteiger partial charge in [-0.25, -0.2) is 14.6 Å². The third kappa shape index (κ3) is 3.09. The zero-order valence-electron chi connectivity index (χ0n) is 14.4. The molecule has 0 aliphatic heterocycles. The van der Waals surface area contributed by atoms with Gasteiger partial charge in [-0.2, -0.15) is 5.10 Å². The van der Waals surface area contributed by atoms with Crippen LogP contribution in [0.5, 0.6) is 0 Å². The first kappa shape index (κ1) is 16.4. The number of rotatable bonds is 4. The van der Waals surface area contributed by atoms with E-state index in [9.17, 15) is 4.79 Å². The van der Waals surface area contributed by atoms with Crippen molar-refractivity contribution in [2.24, 2.45) is 0 Å². The van der Waals surface area contributed by atoms with Crippen molar-refractivity contribution in [2.45, 2.75) is 20.4 Å². The van der Waals surface area contributed by atoms with E-state index in [4.69, 9.17) is 0 Å². The van der Waals surface area contributed by atoms with E-state index < -0.39 is 0 Å². The minimum absolute atomic E-state index is 0.196. The molecule has 0 saturated carbocycles. The number of amides is 1. The van der Waals surface area contributed by atoms with Gasteiger partial charge in [-0.05, 0) is 25.5 Å². The molecule has 1 N–H and O–H groups in total. The minimum Gasteiger partial charge on any atom is -0.298 e. The maximum atomic E-state index is 12.8. The van der Waals surface area contributed by atoms with Gasteiger partial charge >= 0.3 is 0 Å². The number of nitrogens with one attached hydrogen (secondary N) is 1. The summed E-state index contributed by atoms with van der Waals surface area (Å²) in [5.41, 5.74) is 3.98. The van der Waals surface area contributed by atoms with Crippen molar-refractivity contribution >= 4 is 33.4 Å². The first-order chi connectivity index (χ1) is 12.6. The highest BCUT2D eigenvalue weighted by Gasteiger charge is 2.19. The molecule has 0 aliphatic carbocycles. The van der Waals surface area contributed by atoms with Crippen molar-refractivity contribution in [3.8, 4) is 0 Å². The van der Waals surface area contributed by atoms with Crippen LogP contribution < -0.4 is 5.32 Å². The van der Waals surface area contributed by atoms with Crippen LogP contribution in [0.15, 0.2) is 48.0 Å². The largest absolute Gasteiger partial charge is 0.298 e. The van der Waals surface area contributed by atoms with Gasteiger partial charge in [0.2, 0.25) is 0 Å². The van der Waals surface area contributed by atoms with Crippen LogP contribution in [0, 0.1) is 13.8 Å². The number of benzene rings is 1. The Balaban J connectivity index is 1.78. The van der Waals surface area contributed by atoms with Crippen LogP contribution in [0.3, 0.4) is 0 Å². The third-order valence-electron chi connectivity index (χ3n) is 4.08. The Morgan fingerprint density at radius 1 is 1.23 bits per heavy atom. The van der Waals surface area contributed by atoms with Crippen molar-refractivity contribution < 1.29 is 4.79 Å². The summed E-state index contributed by atoms with van der Waals surface area (Å²) >= 11 is 1.39. The van der Waals surface area contributed by atoms with Gasteiger partial charge in [0, 0.05) is 17.3 Å².